The predicted molar refractivity (Wildman–Crippen MR) is 189 cm³/mol. The molecule has 0 saturated carbocycles. The Balaban J connectivity index is -0.000000294. The minimum atomic E-state index is -0.906. The summed E-state index contributed by atoms with van der Waals surface area (Å²) in [6.45, 7) is 0. The number of thiazole rings is 2. The maximum absolute atomic E-state index is 11.0. The van der Waals surface area contributed by atoms with Crippen LogP contribution in [-0.2, 0) is 19.2 Å². The number of carbonyl (C=O) groups is 2. The zero-order chi connectivity index (χ0) is 28.5. The molecule has 4 aromatic rings. The van der Waals surface area contributed by atoms with E-state index in [0.717, 1.165) is 25.4 Å². The Morgan fingerprint density at radius 3 is 1.60 bits per heavy atom. The number of carbonyl (C=O) groups excluding carboxylic acids is 3. The summed E-state index contributed by atoms with van der Waals surface area (Å²) in [7, 11) is 0. The number of phenols is 2. The molecule has 1 atom stereocenters. The van der Waals surface area contributed by atoms with Gasteiger partial charge in [0.15, 0.2) is 6.04 Å². The minimum absolute atomic E-state index is 0. The number of rotatable bonds is 3. The van der Waals surface area contributed by atoms with Gasteiger partial charge in [-0.3, -0.25) is 9.79 Å². The Morgan fingerprint density at radius 1 is 0.778 bits per heavy atom. The molecule has 4 heterocycles. The zero-order valence-electron chi connectivity index (χ0n) is 19.2. The molecule has 2 aromatic carbocycles. The number of fused-ring (bicyclic) bond motifs is 2. The van der Waals surface area contributed by atoms with Gasteiger partial charge in [0.1, 0.15) is 31.6 Å². The second kappa shape index (κ2) is 22.5. The van der Waals surface area contributed by atoms with Crippen molar-refractivity contribution in [1.29, 1.82) is 0 Å². The van der Waals surface area contributed by atoms with Gasteiger partial charge in [-0.2, -0.15) is 9.59 Å². The number of aromatic hydroxyl groups is 2. The highest BCUT2D eigenvalue weighted by Gasteiger charge is 2.27. The lowest BCUT2D eigenvalue weighted by Gasteiger charge is -1.93. The molecule has 2 aromatic heterocycles. The van der Waals surface area contributed by atoms with Gasteiger partial charge in [-0.25, -0.2) is 19.8 Å². The molecule has 0 radical (unpaired) electrons. The number of amides is 1. The van der Waals surface area contributed by atoms with Gasteiger partial charge >= 0.3 is 12.1 Å². The number of thioether (sulfide) groups is 2. The van der Waals surface area contributed by atoms with Gasteiger partial charge in [-0.05, 0) is 36.4 Å². The summed E-state index contributed by atoms with van der Waals surface area (Å²) in [6.07, 6.45) is 0.250. The van der Waals surface area contributed by atoms with E-state index in [4.69, 9.17) is 24.6 Å². The lowest BCUT2D eigenvalue weighted by Crippen LogP contribution is -2.17. The molecule has 0 fully saturated rings. The smallest absolute Gasteiger partial charge is 0.373 e. The molecule has 2 aliphatic heterocycles. The van der Waals surface area contributed by atoms with Gasteiger partial charge in [0.05, 0.1) is 26.2 Å². The number of aliphatic carboxylic acids is 1. The van der Waals surface area contributed by atoms with Crippen molar-refractivity contribution in [2.75, 3.05) is 11.5 Å². The first-order valence-corrected chi connectivity index (χ1v) is 13.9. The van der Waals surface area contributed by atoms with Gasteiger partial charge in [-0.15, -0.1) is 34.4 Å². The summed E-state index contributed by atoms with van der Waals surface area (Å²) in [6, 6.07) is 9.30. The Hall–Kier alpha value is -4.02. The van der Waals surface area contributed by atoms with Gasteiger partial charge in [-0.1, -0.05) is 56.3 Å². The first kappa shape index (κ1) is 47.9. The SMILES string of the molecule is C.C.C.C.C.C.O=C(O)C1CSC(c2nc3ccc(O)cc3s2)=N1.O=C1CSC(c2nc3ccc(O)cc3s2)=N1.O=C=O.O=O. The molecule has 17 heteroatoms. The molecule has 0 bridgehead atoms. The van der Waals surface area contributed by atoms with E-state index >= 15 is 0 Å². The summed E-state index contributed by atoms with van der Waals surface area (Å²) < 4.78 is 1.77. The average Bonchev–Trinajstić information content (AvgIpc) is 3.70. The number of aromatic nitrogens is 2. The Labute approximate surface area is 278 Å². The third kappa shape index (κ3) is 12.5. The first-order valence-electron chi connectivity index (χ1n) is 10.3. The van der Waals surface area contributed by atoms with Crippen LogP contribution in [-0.4, -0.2) is 71.0 Å². The van der Waals surface area contributed by atoms with Crippen LogP contribution in [0.5, 0.6) is 11.5 Å². The van der Waals surface area contributed by atoms with Crippen LogP contribution in [0.1, 0.15) is 54.6 Å². The second-order valence-corrected chi connectivity index (χ2v) is 11.2. The molecule has 6 rings (SSSR count). The van der Waals surface area contributed by atoms with E-state index in [1.165, 1.54) is 46.2 Å². The van der Waals surface area contributed by atoms with E-state index in [1.807, 2.05) is 0 Å². The molecule has 0 spiro atoms. The molecular formula is C28H38N4O9S4. The fraction of sp³-hybridized carbons (Fsp3) is 0.321. The van der Waals surface area contributed by atoms with Crippen molar-refractivity contribution in [2.24, 2.45) is 9.98 Å². The van der Waals surface area contributed by atoms with Crippen LogP contribution in [0.15, 0.2) is 46.4 Å². The van der Waals surface area contributed by atoms with Crippen molar-refractivity contribution in [3.05, 3.63) is 56.3 Å². The summed E-state index contributed by atoms with van der Waals surface area (Å²) in [4.78, 5) is 68.9. The van der Waals surface area contributed by atoms with E-state index in [1.54, 1.807) is 36.4 Å². The van der Waals surface area contributed by atoms with Crippen molar-refractivity contribution >= 4 is 94.7 Å². The molecule has 0 aliphatic carbocycles. The molecule has 45 heavy (non-hydrogen) atoms. The van der Waals surface area contributed by atoms with E-state index in [2.05, 4.69) is 20.0 Å². The van der Waals surface area contributed by atoms with Crippen LogP contribution in [0, 0.1) is 9.93 Å². The summed E-state index contributed by atoms with van der Waals surface area (Å²) in [5.74, 6) is 0.253. The molecule has 1 unspecified atom stereocenters. The first-order chi connectivity index (χ1) is 18.8. The number of hydrogen-bond acceptors (Lipinski definition) is 15. The van der Waals surface area contributed by atoms with Gasteiger partial charge in [0.2, 0.25) is 0 Å². The molecule has 2 aliphatic rings. The van der Waals surface area contributed by atoms with Crippen LogP contribution in [0.3, 0.4) is 0 Å². The third-order valence-electron chi connectivity index (χ3n) is 4.60. The van der Waals surface area contributed by atoms with E-state index < -0.39 is 12.0 Å². The molecule has 1 amide bonds. The van der Waals surface area contributed by atoms with E-state index in [-0.39, 0.29) is 68.1 Å². The van der Waals surface area contributed by atoms with Crippen molar-refractivity contribution in [1.82, 2.24) is 9.97 Å². The van der Waals surface area contributed by atoms with E-state index in [0.29, 0.717) is 26.6 Å². The number of hydrogen-bond donors (Lipinski definition) is 3. The average molecular weight is 703 g/mol. The summed E-state index contributed by atoms with van der Waals surface area (Å²) in [5, 5.41) is 30.4. The third-order valence-corrected chi connectivity index (χ3v) is 8.92. The predicted octanol–water partition coefficient (Wildman–Crippen LogP) is 7.27. The lowest BCUT2D eigenvalue weighted by atomic mass is 10.3. The van der Waals surface area contributed by atoms with Crippen LogP contribution in [0.4, 0.5) is 0 Å². The number of benzene rings is 2. The monoisotopic (exact) mass is 702 g/mol. The quantitative estimate of drug-likeness (QED) is 0.192. The molecule has 0 saturated heterocycles. The van der Waals surface area contributed by atoms with Crippen molar-refractivity contribution < 1.29 is 34.5 Å². The molecule has 13 nitrogen and oxygen atoms in total. The Morgan fingerprint density at radius 2 is 1.22 bits per heavy atom. The van der Waals surface area contributed by atoms with Crippen molar-refractivity contribution in [2.45, 2.75) is 50.6 Å². The Bertz CT molecular complexity index is 1630. The van der Waals surface area contributed by atoms with Crippen molar-refractivity contribution in [3.63, 3.8) is 0 Å². The highest BCUT2D eigenvalue weighted by molar-refractivity contribution is 8.15. The molecular weight excluding hydrogens is 665 g/mol. The zero-order valence-corrected chi connectivity index (χ0v) is 22.4. The summed E-state index contributed by atoms with van der Waals surface area (Å²) >= 11 is 5.66. The number of phenolic OH excluding ortho intramolecular Hbond substituents is 2. The number of carboxylic acid groups (broad SMARTS) is 1. The van der Waals surface area contributed by atoms with E-state index in [9.17, 15) is 19.8 Å². The fourth-order valence-electron chi connectivity index (χ4n) is 3.04. The highest BCUT2D eigenvalue weighted by Crippen LogP contribution is 2.32. The van der Waals surface area contributed by atoms with Crippen LogP contribution in [0.2, 0.25) is 0 Å². The Kier molecular flexibility index (Phi) is 23.9. The number of carboxylic acids is 1. The topological polar surface area (TPSA) is 214 Å². The largest absolute Gasteiger partial charge is 0.508 e. The summed E-state index contributed by atoms with van der Waals surface area (Å²) in [5.41, 5.74) is 1.61. The van der Waals surface area contributed by atoms with Crippen LogP contribution < -0.4 is 0 Å². The fourth-order valence-corrected chi connectivity index (χ4v) is 6.99. The van der Waals surface area contributed by atoms with Gasteiger partial charge in [0, 0.05) is 15.7 Å². The normalized spacial score (nSPS) is 13.5. The highest BCUT2D eigenvalue weighted by atomic mass is 32.2. The molecule has 3 N–H and O–H groups in total. The maximum Gasteiger partial charge on any atom is 0.373 e. The number of aliphatic imine (C=N–C) groups is 2. The standard InChI is InChI=1S/C11H8N2O3S2.C10H6N2O2S2.CO2.6CH4.O2/c14-5-1-2-6-8(3-5)18-10(12-6)9-13-7(4-17-9)11(15)16;13-5-1-2-6-7(3-5)16-10(11-6)9-12-8(14)4-15-9;2-1-3;;;;;;;1-2/h1-3,7,14H,4H2,(H,15,16);1-3,13H,4H2;;6*1H4;. The van der Waals surface area contributed by atoms with Gasteiger partial charge < -0.3 is 15.3 Å². The van der Waals surface area contributed by atoms with Gasteiger partial charge in [0.25, 0.3) is 5.91 Å². The number of nitrogens with zero attached hydrogens (tertiary/aromatic N) is 4. The lowest BCUT2D eigenvalue weighted by molar-refractivity contribution is -0.191. The second-order valence-electron chi connectivity index (χ2n) is 7.12. The minimum Gasteiger partial charge on any atom is -0.508 e. The van der Waals surface area contributed by atoms with Crippen LogP contribution in [0.25, 0.3) is 20.4 Å². The maximum atomic E-state index is 11.0. The van der Waals surface area contributed by atoms with Crippen molar-refractivity contribution in [3.8, 4) is 11.5 Å². The molecule has 248 valence electrons. The van der Waals surface area contributed by atoms with Crippen LogP contribution >= 0.6 is 46.2 Å².